The molecule has 0 bridgehead atoms. The van der Waals surface area contributed by atoms with Crippen LogP contribution >= 0.6 is 15.9 Å². The van der Waals surface area contributed by atoms with Crippen molar-refractivity contribution in [1.82, 2.24) is 9.97 Å². The van der Waals surface area contributed by atoms with Gasteiger partial charge in [0.15, 0.2) is 0 Å². The van der Waals surface area contributed by atoms with E-state index in [1.54, 1.807) is 44.3 Å². The lowest BCUT2D eigenvalue weighted by molar-refractivity contribution is 0.0647. The molecule has 29 heavy (non-hydrogen) atoms. The van der Waals surface area contributed by atoms with E-state index >= 15 is 0 Å². The van der Waals surface area contributed by atoms with Crippen LogP contribution in [0.2, 0.25) is 0 Å². The van der Waals surface area contributed by atoms with Crippen LogP contribution in [0.5, 0.6) is 0 Å². The molecule has 2 amide bonds. The number of benzene rings is 1. The van der Waals surface area contributed by atoms with Crippen LogP contribution in [0.25, 0.3) is 0 Å². The summed E-state index contributed by atoms with van der Waals surface area (Å²) in [7, 11) is -2.53. The van der Waals surface area contributed by atoms with Gasteiger partial charge in [-0.15, -0.1) is 4.36 Å². The normalized spacial score (nSPS) is 12.8. The number of hydrogen-bond donors (Lipinski definition) is 4. The van der Waals surface area contributed by atoms with Crippen molar-refractivity contribution >= 4 is 54.8 Å². The molecule has 2 rings (SSSR count). The van der Waals surface area contributed by atoms with E-state index in [0.717, 1.165) is 0 Å². The molecular weight excluding hydrogens is 460 g/mol. The fraction of sp³-hybridized carbons (Fsp3) is 0.389. The van der Waals surface area contributed by atoms with Crippen LogP contribution in [0.3, 0.4) is 0 Å². The first-order valence-electron chi connectivity index (χ1n) is 8.70. The molecule has 9 nitrogen and oxygen atoms in total. The highest BCUT2D eigenvalue weighted by molar-refractivity contribution is 9.10. The molecule has 11 heteroatoms. The summed E-state index contributed by atoms with van der Waals surface area (Å²) in [5.74, 6) is 0.859. The van der Waals surface area contributed by atoms with Crippen LogP contribution in [-0.4, -0.2) is 49.5 Å². The number of carbonyl (C=O) groups is 1. The number of nitrogens with one attached hydrogen (secondary N) is 3. The molecule has 0 aliphatic heterocycles. The number of halogens is 1. The Balaban J connectivity index is 2.17. The number of amides is 2. The Morgan fingerprint density at radius 3 is 2.59 bits per heavy atom. The van der Waals surface area contributed by atoms with Gasteiger partial charge in [-0.25, -0.2) is 14.0 Å². The van der Waals surface area contributed by atoms with Gasteiger partial charge in [-0.3, -0.25) is 0 Å². The van der Waals surface area contributed by atoms with Gasteiger partial charge in [0.2, 0.25) is 5.95 Å². The minimum atomic E-state index is -2.53. The number of rotatable bonds is 6. The number of urea groups is 1. The van der Waals surface area contributed by atoms with Crippen molar-refractivity contribution in [2.45, 2.75) is 32.4 Å². The Morgan fingerprint density at radius 2 is 1.97 bits per heavy atom. The lowest BCUT2D eigenvalue weighted by Crippen LogP contribution is -2.39. The van der Waals surface area contributed by atoms with Gasteiger partial charge < -0.3 is 21.1 Å². The van der Waals surface area contributed by atoms with Gasteiger partial charge in [0.25, 0.3) is 0 Å². The zero-order valence-electron chi connectivity index (χ0n) is 16.9. The predicted octanol–water partition coefficient (Wildman–Crippen LogP) is 3.81. The van der Waals surface area contributed by atoms with Gasteiger partial charge >= 0.3 is 6.03 Å². The average Bonchev–Trinajstić information content (AvgIpc) is 2.55. The number of anilines is 4. The molecule has 1 atom stereocenters. The second-order valence-electron chi connectivity index (χ2n) is 7.32. The highest BCUT2D eigenvalue weighted by Crippen LogP contribution is 2.25. The van der Waals surface area contributed by atoms with Crippen molar-refractivity contribution in [2.75, 3.05) is 28.5 Å². The highest BCUT2D eigenvalue weighted by Gasteiger charge is 2.23. The molecule has 0 unspecified atom stereocenters. The molecule has 158 valence electrons. The average molecular weight is 485 g/mol. The maximum Gasteiger partial charge on any atom is 0.353 e. The summed E-state index contributed by atoms with van der Waals surface area (Å²) < 4.78 is 15.9. The van der Waals surface area contributed by atoms with Gasteiger partial charge in [0.05, 0.1) is 25.8 Å². The van der Waals surface area contributed by atoms with E-state index in [4.69, 9.17) is 0 Å². The lowest BCUT2D eigenvalue weighted by atomic mass is 10.0. The largest absolute Gasteiger partial charge is 0.388 e. The summed E-state index contributed by atoms with van der Waals surface area (Å²) >= 11 is 3.40. The molecule has 1 aromatic heterocycles. The van der Waals surface area contributed by atoms with E-state index in [2.05, 4.69) is 46.2 Å². The van der Waals surface area contributed by atoms with E-state index < -0.39 is 21.4 Å². The number of aromatic nitrogens is 2. The Morgan fingerprint density at radius 1 is 1.31 bits per heavy atom. The van der Waals surface area contributed by atoms with Gasteiger partial charge in [-0.1, -0.05) is 6.07 Å². The van der Waals surface area contributed by atoms with Crippen molar-refractivity contribution in [2.24, 2.45) is 4.36 Å². The fourth-order valence-electron chi connectivity index (χ4n) is 2.06. The van der Waals surface area contributed by atoms with Gasteiger partial charge in [0, 0.05) is 30.1 Å². The first-order chi connectivity index (χ1) is 13.3. The third-order valence-electron chi connectivity index (χ3n) is 3.83. The molecule has 1 heterocycles. The molecule has 0 fully saturated rings. The van der Waals surface area contributed by atoms with E-state index in [0.29, 0.717) is 27.6 Å². The van der Waals surface area contributed by atoms with Crippen LogP contribution in [0.15, 0.2) is 39.3 Å². The van der Waals surface area contributed by atoms with E-state index in [-0.39, 0.29) is 6.04 Å². The molecule has 0 aliphatic carbocycles. The summed E-state index contributed by atoms with van der Waals surface area (Å²) in [6.45, 7) is 5.27. The van der Waals surface area contributed by atoms with E-state index in [9.17, 15) is 14.1 Å². The smallest absolute Gasteiger partial charge is 0.353 e. The minimum Gasteiger partial charge on any atom is -0.388 e. The molecule has 0 saturated heterocycles. The Kier molecular flexibility index (Phi) is 7.20. The number of hydrogen-bond acceptors (Lipinski definition) is 7. The van der Waals surface area contributed by atoms with Gasteiger partial charge in [0.1, 0.15) is 5.82 Å². The quantitative estimate of drug-likeness (QED) is 0.490. The van der Waals surface area contributed by atoms with Crippen molar-refractivity contribution in [1.29, 1.82) is 0 Å². The van der Waals surface area contributed by atoms with Crippen LogP contribution in [0, 0.1) is 0 Å². The highest BCUT2D eigenvalue weighted by atomic mass is 79.9. The van der Waals surface area contributed by atoms with Crippen LogP contribution < -0.4 is 16.0 Å². The van der Waals surface area contributed by atoms with Gasteiger partial charge in [-0.05, 0) is 54.9 Å². The summed E-state index contributed by atoms with van der Waals surface area (Å²) in [6, 6.07) is 5.96. The molecule has 0 saturated carbocycles. The summed E-state index contributed by atoms with van der Waals surface area (Å²) in [5, 5.41) is 18.9. The number of aliphatic hydroxyl groups is 1. The first-order valence-corrected chi connectivity index (χ1v) is 11.8. The number of nitrogens with zero attached hydrogens (tertiary/aromatic N) is 3. The maximum absolute atomic E-state index is 11.8. The molecule has 0 aliphatic rings. The maximum atomic E-state index is 11.8. The molecule has 0 radical (unpaired) electrons. The molecular formula is C18H25BrN6O3S. The topological polar surface area (TPSA) is 129 Å². The van der Waals surface area contributed by atoms with Gasteiger partial charge in [-0.2, -0.15) is 4.98 Å². The third kappa shape index (κ3) is 7.59. The van der Waals surface area contributed by atoms with Crippen molar-refractivity contribution in [3.63, 3.8) is 0 Å². The summed E-state index contributed by atoms with van der Waals surface area (Å²) in [6.07, 6.45) is 4.37. The SMILES string of the molecule is C[C@@H](Nc1nc(Nc2cccc(NC(=O)N=S(C)(C)=O)c2)ncc1Br)C(C)(C)O. The zero-order chi connectivity index (χ0) is 21.8. The predicted molar refractivity (Wildman–Crippen MR) is 120 cm³/mol. The lowest BCUT2D eigenvalue weighted by Gasteiger charge is -2.27. The Hall–Kier alpha value is -2.24. The minimum absolute atomic E-state index is 0.253. The van der Waals surface area contributed by atoms with Crippen molar-refractivity contribution < 1.29 is 14.1 Å². The monoisotopic (exact) mass is 484 g/mol. The van der Waals surface area contributed by atoms with Crippen molar-refractivity contribution in [3.8, 4) is 0 Å². The first kappa shape index (κ1) is 23.0. The number of carbonyl (C=O) groups excluding carboxylic acids is 1. The molecule has 0 spiro atoms. The van der Waals surface area contributed by atoms with E-state index in [1.165, 1.54) is 12.5 Å². The standard InChI is InChI=1S/C18H25BrN6O3S/c1-11(18(2,3)27)21-15-14(19)10-20-16(24-15)22-12-7-6-8-13(9-12)23-17(26)25-29(4,5)28/h6-11,27H,1-5H3,(H,23,26)(H2,20,21,22,24)/t11-/m1/s1. The van der Waals surface area contributed by atoms with E-state index in [1.807, 2.05) is 6.92 Å². The van der Waals surface area contributed by atoms with Crippen molar-refractivity contribution in [3.05, 3.63) is 34.9 Å². The third-order valence-corrected chi connectivity index (χ3v) is 5.02. The Labute approximate surface area is 179 Å². The second-order valence-corrected chi connectivity index (χ2v) is 10.7. The second kappa shape index (κ2) is 9.06. The summed E-state index contributed by atoms with van der Waals surface area (Å²) in [5.41, 5.74) is 0.189. The fourth-order valence-corrected chi connectivity index (χ4v) is 2.81. The van der Waals surface area contributed by atoms with Crippen LogP contribution in [-0.2, 0) is 9.73 Å². The summed E-state index contributed by atoms with van der Waals surface area (Å²) in [4.78, 5) is 20.5. The Bertz CT molecular complexity index is 1010. The molecule has 4 N–H and O–H groups in total. The zero-order valence-corrected chi connectivity index (χ0v) is 19.3. The van der Waals surface area contributed by atoms with Crippen LogP contribution in [0.1, 0.15) is 20.8 Å². The molecule has 2 aromatic rings. The van der Waals surface area contributed by atoms with Crippen LogP contribution in [0.4, 0.5) is 27.9 Å². The molecule has 1 aromatic carbocycles.